The molecule has 0 amide bonds. The number of aryl methyl sites for hydroxylation is 2. The summed E-state index contributed by atoms with van der Waals surface area (Å²) in [7, 11) is 0. The van der Waals surface area contributed by atoms with Crippen LogP contribution in [-0.4, -0.2) is 13.2 Å². The summed E-state index contributed by atoms with van der Waals surface area (Å²) >= 11 is 0. The lowest BCUT2D eigenvalue weighted by Crippen LogP contribution is -2.12. The van der Waals surface area contributed by atoms with Crippen LogP contribution < -0.4 is 10.1 Å². The van der Waals surface area contributed by atoms with Gasteiger partial charge in [0, 0.05) is 12.2 Å². The molecular formula is C16H19NO. The summed E-state index contributed by atoms with van der Waals surface area (Å²) in [4.78, 5) is 0. The predicted molar refractivity (Wildman–Crippen MR) is 76.3 cm³/mol. The lowest BCUT2D eigenvalue weighted by molar-refractivity contribution is 0.328. The average molecular weight is 241 g/mol. The number of ether oxygens (including phenoxy) is 1. The molecule has 1 N–H and O–H groups in total. The van der Waals surface area contributed by atoms with Gasteiger partial charge < -0.3 is 10.1 Å². The molecular weight excluding hydrogens is 222 g/mol. The van der Waals surface area contributed by atoms with E-state index in [2.05, 4.69) is 49.5 Å². The minimum absolute atomic E-state index is 0.667. The van der Waals surface area contributed by atoms with Gasteiger partial charge in [0.1, 0.15) is 12.4 Å². The molecule has 2 nitrogen and oxygen atoms in total. The van der Waals surface area contributed by atoms with Crippen LogP contribution in [0.1, 0.15) is 11.1 Å². The van der Waals surface area contributed by atoms with Crippen LogP contribution in [0.5, 0.6) is 5.75 Å². The first kappa shape index (κ1) is 12.5. The highest BCUT2D eigenvalue weighted by Crippen LogP contribution is 2.22. The Morgan fingerprint density at radius 2 is 1.56 bits per heavy atom. The molecule has 0 aliphatic carbocycles. The maximum Gasteiger partial charge on any atom is 0.125 e. The lowest BCUT2D eigenvalue weighted by atomic mass is 10.1. The van der Waals surface area contributed by atoms with Crippen LogP contribution in [0, 0.1) is 13.8 Å². The largest absolute Gasteiger partial charge is 0.491 e. The van der Waals surface area contributed by atoms with Gasteiger partial charge in [0.25, 0.3) is 0 Å². The van der Waals surface area contributed by atoms with Gasteiger partial charge >= 0.3 is 0 Å². The summed E-state index contributed by atoms with van der Waals surface area (Å²) in [5.41, 5.74) is 3.51. The number of hydrogen-bond donors (Lipinski definition) is 1. The van der Waals surface area contributed by atoms with Gasteiger partial charge in [-0.05, 0) is 37.1 Å². The Morgan fingerprint density at radius 1 is 0.889 bits per heavy atom. The zero-order chi connectivity index (χ0) is 12.8. The number of hydrogen-bond acceptors (Lipinski definition) is 2. The van der Waals surface area contributed by atoms with Crippen LogP contribution in [0.15, 0.2) is 48.5 Å². The Bertz CT molecular complexity index is 473. The van der Waals surface area contributed by atoms with Crippen molar-refractivity contribution in [2.24, 2.45) is 0 Å². The molecule has 18 heavy (non-hydrogen) atoms. The van der Waals surface area contributed by atoms with Crippen molar-refractivity contribution in [3.05, 3.63) is 59.7 Å². The van der Waals surface area contributed by atoms with Crippen molar-refractivity contribution >= 4 is 5.69 Å². The fourth-order valence-corrected chi connectivity index (χ4v) is 1.93. The molecule has 2 aromatic rings. The lowest BCUT2D eigenvalue weighted by Gasteiger charge is -2.12. The summed E-state index contributed by atoms with van der Waals surface area (Å²) in [6.45, 7) is 5.62. The molecule has 0 aromatic heterocycles. The zero-order valence-corrected chi connectivity index (χ0v) is 10.9. The number of nitrogens with one attached hydrogen (secondary N) is 1. The molecule has 0 spiro atoms. The first-order valence-electron chi connectivity index (χ1n) is 6.25. The van der Waals surface area contributed by atoms with Crippen LogP contribution in [0.4, 0.5) is 5.69 Å². The normalized spacial score (nSPS) is 10.1. The molecule has 2 heteroatoms. The molecule has 0 saturated carbocycles. The van der Waals surface area contributed by atoms with E-state index in [-0.39, 0.29) is 0 Å². The van der Waals surface area contributed by atoms with E-state index >= 15 is 0 Å². The maximum atomic E-state index is 5.83. The van der Waals surface area contributed by atoms with Gasteiger partial charge in [-0.2, -0.15) is 0 Å². The SMILES string of the molecule is Cc1cccc(C)c1OCCNc1ccccc1. The zero-order valence-electron chi connectivity index (χ0n) is 10.9. The van der Waals surface area contributed by atoms with Crippen molar-refractivity contribution in [1.82, 2.24) is 0 Å². The summed E-state index contributed by atoms with van der Waals surface area (Å²) in [6, 6.07) is 16.4. The van der Waals surface area contributed by atoms with E-state index in [0.29, 0.717) is 6.61 Å². The molecule has 0 bridgehead atoms. The monoisotopic (exact) mass is 241 g/mol. The Morgan fingerprint density at radius 3 is 2.22 bits per heavy atom. The van der Waals surface area contributed by atoms with Crippen LogP contribution in [0.3, 0.4) is 0 Å². The van der Waals surface area contributed by atoms with Crippen LogP contribution in [0.2, 0.25) is 0 Å². The number of anilines is 1. The maximum absolute atomic E-state index is 5.83. The Balaban J connectivity index is 1.82. The molecule has 0 saturated heterocycles. The Hall–Kier alpha value is -1.96. The molecule has 94 valence electrons. The molecule has 0 fully saturated rings. The van der Waals surface area contributed by atoms with Gasteiger partial charge in [0.2, 0.25) is 0 Å². The van der Waals surface area contributed by atoms with E-state index < -0.39 is 0 Å². The quantitative estimate of drug-likeness (QED) is 0.804. The number of para-hydroxylation sites is 2. The highest BCUT2D eigenvalue weighted by atomic mass is 16.5. The molecule has 2 rings (SSSR count). The van der Waals surface area contributed by atoms with E-state index in [9.17, 15) is 0 Å². The number of benzene rings is 2. The van der Waals surface area contributed by atoms with Gasteiger partial charge in [0.15, 0.2) is 0 Å². The Kier molecular flexibility index (Phi) is 4.24. The first-order chi connectivity index (χ1) is 8.77. The van der Waals surface area contributed by atoms with E-state index in [1.165, 1.54) is 11.1 Å². The van der Waals surface area contributed by atoms with Gasteiger partial charge in [0.05, 0.1) is 0 Å². The van der Waals surface area contributed by atoms with Gasteiger partial charge in [-0.3, -0.25) is 0 Å². The first-order valence-corrected chi connectivity index (χ1v) is 6.25. The fourth-order valence-electron chi connectivity index (χ4n) is 1.93. The predicted octanol–water partition coefficient (Wildman–Crippen LogP) is 3.79. The smallest absolute Gasteiger partial charge is 0.125 e. The van der Waals surface area contributed by atoms with Crippen LogP contribution >= 0.6 is 0 Å². The third kappa shape index (κ3) is 3.27. The van der Waals surface area contributed by atoms with Crippen molar-refractivity contribution in [2.45, 2.75) is 13.8 Å². The molecule has 0 radical (unpaired) electrons. The second-order valence-corrected chi connectivity index (χ2v) is 4.36. The molecule has 0 aliphatic heterocycles. The minimum Gasteiger partial charge on any atom is -0.491 e. The second-order valence-electron chi connectivity index (χ2n) is 4.36. The summed E-state index contributed by atoms with van der Waals surface area (Å²) < 4.78 is 5.83. The van der Waals surface area contributed by atoms with Gasteiger partial charge in [-0.25, -0.2) is 0 Å². The highest BCUT2D eigenvalue weighted by Gasteiger charge is 2.02. The van der Waals surface area contributed by atoms with Gasteiger partial charge in [-0.15, -0.1) is 0 Å². The third-order valence-corrected chi connectivity index (χ3v) is 2.86. The fraction of sp³-hybridized carbons (Fsp3) is 0.250. The molecule has 0 unspecified atom stereocenters. The van der Waals surface area contributed by atoms with Crippen molar-refractivity contribution in [1.29, 1.82) is 0 Å². The summed E-state index contributed by atoms with van der Waals surface area (Å²) in [6.07, 6.45) is 0. The Labute approximate surface area is 109 Å². The van der Waals surface area contributed by atoms with Crippen LogP contribution in [-0.2, 0) is 0 Å². The summed E-state index contributed by atoms with van der Waals surface area (Å²) in [5, 5.41) is 3.33. The molecule has 0 atom stereocenters. The van der Waals surface area contributed by atoms with E-state index in [1.54, 1.807) is 0 Å². The topological polar surface area (TPSA) is 21.3 Å². The summed E-state index contributed by atoms with van der Waals surface area (Å²) in [5.74, 6) is 1.01. The number of rotatable bonds is 5. The van der Waals surface area contributed by atoms with Crippen molar-refractivity contribution in [3.8, 4) is 5.75 Å². The standard InChI is InChI=1S/C16H19NO/c1-13-7-6-8-14(2)16(13)18-12-11-17-15-9-4-3-5-10-15/h3-10,17H,11-12H2,1-2H3. The molecule has 0 heterocycles. The van der Waals surface area contributed by atoms with Crippen molar-refractivity contribution < 1.29 is 4.74 Å². The second kappa shape index (κ2) is 6.10. The highest BCUT2D eigenvalue weighted by molar-refractivity contribution is 5.42. The van der Waals surface area contributed by atoms with Crippen LogP contribution in [0.25, 0.3) is 0 Å². The van der Waals surface area contributed by atoms with Crippen molar-refractivity contribution in [2.75, 3.05) is 18.5 Å². The van der Waals surface area contributed by atoms with Gasteiger partial charge in [-0.1, -0.05) is 36.4 Å². The minimum atomic E-state index is 0.667. The van der Waals surface area contributed by atoms with E-state index in [1.807, 2.05) is 18.2 Å². The molecule has 2 aromatic carbocycles. The molecule has 0 aliphatic rings. The average Bonchev–Trinajstić information content (AvgIpc) is 2.38. The van der Waals surface area contributed by atoms with E-state index in [4.69, 9.17) is 4.74 Å². The van der Waals surface area contributed by atoms with Crippen molar-refractivity contribution in [3.63, 3.8) is 0 Å². The third-order valence-electron chi connectivity index (χ3n) is 2.86. The van der Waals surface area contributed by atoms with E-state index in [0.717, 1.165) is 18.0 Å².